The molecule has 0 radical (unpaired) electrons. The number of hydrogen-bond donors (Lipinski definition) is 2. The van der Waals surface area contributed by atoms with Crippen molar-refractivity contribution in [3.05, 3.63) is 100 Å². The van der Waals surface area contributed by atoms with Gasteiger partial charge in [0.05, 0.1) is 4.92 Å². The van der Waals surface area contributed by atoms with E-state index >= 15 is 0 Å². The molecule has 0 aliphatic heterocycles. The Morgan fingerprint density at radius 2 is 1.69 bits per heavy atom. The summed E-state index contributed by atoms with van der Waals surface area (Å²) in [6.07, 6.45) is 0.938. The summed E-state index contributed by atoms with van der Waals surface area (Å²) in [6, 6.07) is 25.7. The van der Waals surface area contributed by atoms with Crippen LogP contribution in [0.2, 0.25) is 0 Å². The standard InChI is InChI=1S/C24H23N3O2/c1-17(14-18-8-4-2-5-9-18)25-16-23-24(19-10-6-3-7-11-19)21-15-20(27(28)29)12-13-22(21)26-23/h2-13,15,17,25-26H,14,16H2,1H3. The second kappa shape index (κ2) is 8.29. The van der Waals surface area contributed by atoms with Crippen LogP contribution < -0.4 is 5.32 Å². The SMILES string of the molecule is CC(Cc1ccccc1)NCc1[nH]c2ccc([N+](=O)[O-])cc2c1-c1ccccc1. The molecule has 0 amide bonds. The third-order valence-corrected chi connectivity index (χ3v) is 5.15. The molecule has 0 fully saturated rings. The summed E-state index contributed by atoms with van der Waals surface area (Å²) >= 11 is 0. The van der Waals surface area contributed by atoms with Gasteiger partial charge in [-0.3, -0.25) is 10.1 Å². The lowest BCUT2D eigenvalue weighted by molar-refractivity contribution is -0.384. The van der Waals surface area contributed by atoms with Crippen LogP contribution in [0.15, 0.2) is 78.9 Å². The van der Waals surface area contributed by atoms with E-state index in [1.807, 2.05) is 36.4 Å². The van der Waals surface area contributed by atoms with Crippen LogP contribution in [-0.2, 0) is 13.0 Å². The Hall–Kier alpha value is -3.44. The van der Waals surface area contributed by atoms with Gasteiger partial charge in [0.2, 0.25) is 0 Å². The second-order valence-corrected chi connectivity index (χ2v) is 7.30. The van der Waals surface area contributed by atoms with Crippen molar-refractivity contribution in [1.82, 2.24) is 10.3 Å². The molecule has 4 aromatic rings. The highest BCUT2D eigenvalue weighted by Crippen LogP contribution is 2.34. The fourth-order valence-electron chi connectivity index (χ4n) is 3.73. The zero-order chi connectivity index (χ0) is 20.2. The molecule has 0 spiro atoms. The molecule has 5 heteroatoms. The van der Waals surface area contributed by atoms with Crippen LogP contribution in [-0.4, -0.2) is 15.9 Å². The van der Waals surface area contributed by atoms with E-state index in [0.29, 0.717) is 12.6 Å². The van der Waals surface area contributed by atoms with Gasteiger partial charge in [-0.25, -0.2) is 0 Å². The molecule has 1 atom stereocenters. The second-order valence-electron chi connectivity index (χ2n) is 7.30. The fourth-order valence-corrected chi connectivity index (χ4v) is 3.73. The van der Waals surface area contributed by atoms with Gasteiger partial charge < -0.3 is 10.3 Å². The first-order valence-electron chi connectivity index (χ1n) is 9.73. The van der Waals surface area contributed by atoms with Gasteiger partial charge in [-0.1, -0.05) is 60.7 Å². The molecular formula is C24H23N3O2. The number of H-pyrrole nitrogens is 1. The summed E-state index contributed by atoms with van der Waals surface area (Å²) in [7, 11) is 0. The van der Waals surface area contributed by atoms with Crippen molar-refractivity contribution >= 4 is 16.6 Å². The van der Waals surface area contributed by atoms with Crippen LogP contribution >= 0.6 is 0 Å². The molecule has 1 unspecified atom stereocenters. The smallest absolute Gasteiger partial charge is 0.270 e. The molecule has 1 aromatic heterocycles. The molecule has 4 rings (SSSR count). The lowest BCUT2D eigenvalue weighted by Crippen LogP contribution is -2.27. The highest BCUT2D eigenvalue weighted by Gasteiger charge is 2.17. The van der Waals surface area contributed by atoms with E-state index in [1.54, 1.807) is 18.2 Å². The Balaban J connectivity index is 1.65. The van der Waals surface area contributed by atoms with Crippen molar-refractivity contribution in [3.8, 4) is 11.1 Å². The monoisotopic (exact) mass is 385 g/mol. The Morgan fingerprint density at radius 3 is 2.38 bits per heavy atom. The maximum Gasteiger partial charge on any atom is 0.270 e. The zero-order valence-corrected chi connectivity index (χ0v) is 16.3. The number of nitro benzene ring substituents is 1. The first-order chi connectivity index (χ1) is 14.1. The van der Waals surface area contributed by atoms with Gasteiger partial charge in [-0.15, -0.1) is 0 Å². The Bertz CT molecular complexity index is 1120. The van der Waals surface area contributed by atoms with Gasteiger partial charge in [-0.2, -0.15) is 0 Å². The van der Waals surface area contributed by atoms with Crippen LogP contribution in [0.25, 0.3) is 22.0 Å². The number of fused-ring (bicyclic) bond motifs is 1. The van der Waals surface area contributed by atoms with Gasteiger partial charge >= 0.3 is 0 Å². The van der Waals surface area contributed by atoms with Crippen LogP contribution in [0, 0.1) is 10.1 Å². The fraction of sp³-hybridized carbons (Fsp3) is 0.167. The minimum absolute atomic E-state index is 0.102. The molecule has 0 saturated heterocycles. The third-order valence-electron chi connectivity index (χ3n) is 5.15. The molecule has 1 heterocycles. The van der Waals surface area contributed by atoms with Crippen LogP contribution in [0.1, 0.15) is 18.2 Å². The van der Waals surface area contributed by atoms with E-state index in [2.05, 4.69) is 41.5 Å². The topological polar surface area (TPSA) is 71.0 Å². The van der Waals surface area contributed by atoms with Crippen LogP contribution in [0.5, 0.6) is 0 Å². The van der Waals surface area contributed by atoms with Gasteiger partial charge in [0.15, 0.2) is 0 Å². The van der Waals surface area contributed by atoms with Crippen molar-refractivity contribution in [2.24, 2.45) is 0 Å². The lowest BCUT2D eigenvalue weighted by Gasteiger charge is -2.14. The van der Waals surface area contributed by atoms with E-state index < -0.39 is 0 Å². The van der Waals surface area contributed by atoms with Crippen molar-refractivity contribution in [2.75, 3.05) is 0 Å². The number of aromatic amines is 1. The third kappa shape index (κ3) is 4.20. The molecule has 0 bridgehead atoms. The quantitative estimate of drug-likeness (QED) is 0.328. The summed E-state index contributed by atoms with van der Waals surface area (Å²) in [6.45, 7) is 2.82. The van der Waals surface area contributed by atoms with Crippen molar-refractivity contribution < 1.29 is 4.92 Å². The Labute approximate surface area is 169 Å². The molecule has 29 heavy (non-hydrogen) atoms. The average molecular weight is 385 g/mol. The van der Waals surface area contributed by atoms with Gasteiger partial charge in [0.1, 0.15) is 0 Å². The summed E-state index contributed by atoms with van der Waals surface area (Å²) in [4.78, 5) is 14.4. The van der Waals surface area contributed by atoms with E-state index in [9.17, 15) is 10.1 Å². The molecular weight excluding hydrogens is 362 g/mol. The maximum absolute atomic E-state index is 11.3. The number of benzene rings is 3. The minimum Gasteiger partial charge on any atom is -0.357 e. The van der Waals surface area contributed by atoms with E-state index in [4.69, 9.17) is 0 Å². The van der Waals surface area contributed by atoms with Crippen molar-refractivity contribution in [2.45, 2.75) is 25.9 Å². The number of nitro groups is 1. The number of rotatable bonds is 7. The number of non-ortho nitro benzene ring substituents is 1. The molecule has 2 N–H and O–H groups in total. The molecule has 3 aromatic carbocycles. The van der Waals surface area contributed by atoms with E-state index in [0.717, 1.165) is 34.1 Å². The number of aromatic nitrogens is 1. The average Bonchev–Trinajstić information content (AvgIpc) is 3.11. The molecule has 0 aliphatic carbocycles. The number of nitrogens with one attached hydrogen (secondary N) is 2. The zero-order valence-electron chi connectivity index (χ0n) is 16.3. The van der Waals surface area contributed by atoms with Gasteiger partial charge in [0.25, 0.3) is 5.69 Å². The van der Waals surface area contributed by atoms with Crippen LogP contribution in [0.3, 0.4) is 0 Å². The normalized spacial score (nSPS) is 12.2. The molecule has 0 saturated carbocycles. The predicted octanol–water partition coefficient (Wildman–Crippen LogP) is 5.46. The van der Waals surface area contributed by atoms with Gasteiger partial charge in [0, 0.05) is 46.9 Å². The summed E-state index contributed by atoms with van der Waals surface area (Å²) in [5.41, 5.74) is 5.40. The number of nitrogens with zero attached hydrogens (tertiary/aromatic N) is 1. The Morgan fingerprint density at radius 1 is 1.00 bits per heavy atom. The minimum atomic E-state index is -0.346. The first-order valence-corrected chi connectivity index (χ1v) is 9.73. The van der Waals surface area contributed by atoms with Crippen LogP contribution in [0.4, 0.5) is 5.69 Å². The highest BCUT2D eigenvalue weighted by molar-refractivity contribution is 5.98. The summed E-state index contributed by atoms with van der Waals surface area (Å²) in [5, 5.41) is 15.7. The summed E-state index contributed by atoms with van der Waals surface area (Å²) in [5.74, 6) is 0. The largest absolute Gasteiger partial charge is 0.357 e. The lowest BCUT2D eigenvalue weighted by atomic mass is 10.0. The first kappa shape index (κ1) is 18.9. The molecule has 146 valence electrons. The van der Waals surface area contributed by atoms with E-state index in [1.165, 1.54) is 5.56 Å². The predicted molar refractivity (Wildman–Crippen MR) is 117 cm³/mol. The number of hydrogen-bond acceptors (Lipinski definition) is 3. The molecule has 0 aliphatic rings. The Kier molecular flexibility index (Phi) is 5.40. The van der Waals surface area contributed by atoms with Crippen molar-refractivity contribution in [3.63, 3.8) is 0 Å². The molecule has 5 nitrogen and oxygen atoms in total. The van der Waals surface area contributed by atoms with E-state index in [-0.39, 0.29) is 10.6 Å². The summed E-state index contributed by atoms with van der Waals surface area (Å²) < 4.78 is 0. The maximum atomic E-state index is 11.3. The van der Waals surface area contributed by atoms with Gasteiger partial charge in [-0.05, 0) is 30.5 Å². The van der Waals surface area contributed by atoms with Crippen molar-refractivity contribution in [1.29, 1.82) is 0 Å². The highest BCUT2D eigenvalue weighted by atomic mass is 16.6.